The Balaban J connectivity index is 2.16. The minimum atomic E-state index is -0.0756. The summed E-state index contributed by atoms with van der Waals surface area (Å²) in [5.74, 6) is 0.628. The van der Waals surface area contributed by atoms with Crippen molar-refractivity contribution in [3.05, 3.63) is 35.4 Å². The second-order valence-electron chi connectivity index (χ2n) is 5.16. The van der Waals surface area contributed by atoms with Gasteiger partial charge in [0.1, 0.15) is 0 Å². The van der Waals surface area contributed by atoms with Crippen molar-refractivity contribution in [2.24, 2.45) is 17.1 Å². The van der Waals surface area contributed by atoms with E-state index in [9.17, 15) is 5.11 Å². The average molecular weight is 219 g/mol. The largest absolute Gasteiger partial charge is 0.396 e. The van der Waals surface area contributed by atoms with Gasteiger partial charge in [-0.15, -0.1) is 0 Å². The molecule has 0 heterocycles. The molecule has 1 unspecified atom stereocenters. The Hall–Kier alpha value is -0.860. The number of hydrogen-bond donors (Lipinski definition) is 2. The number of rotatable bonds is 5. The zero-order valence-electron chi connectivity index (χ0n) is 9.95. The summed E-state index contributed by atoms with van der Waals surface area (Å²) in [7, 11) is 0. The predicted molar refractivity (Wildman–Crippen MR) is 66.2 cm³/mol. The molecule has 1 aliphatic carbocycles. The van der Waals surface area contributed by atoms with Crippen molar-refractivity contribution < 1.29 is 5.11 Å². The van der Waals surface area contributed by atoms with Crippen LogP contribution in [0.3, 0.4) is 0 Å². The van der Waals surface area contributed by atoms with E-state index in [-0.39, 0.29) is 12.0 Å². The Morgan fingerprint density at radius 3 is 2.69 bits per heavy atom. The lowest BCUT2D eigenvalue weighted by Gasteiger charge is -2.30. The van der Waals surface area contributed by atoms with Crippen LogP contribution in [-0.2, 0) is 6.42 Å². The molecule has 0 bridgehead atoms. The molecule has 0 aromatic heterocycles. The fourth-order valence-corrected chi connectivity index (χ4v) is 2.56. The van der Waals surface area contributed by atoms with Crippen molar-refractivity contribution in [1.82, 2.24) is 0 Å². The van der Waals surface area contributed by atoms with E-state index in [2.05, 4.69) is 31.2 Å². The summed E-state index contributed by atoms with van der Waals surface area (Å²) in [5.41, 5.74) is 8.38. The molecule has 1 aromatic rings. The first-order chi connectivity index (χ1) is 7.70. The van der Waals surface area contributed by atoms with Gasteiger partial charge in [-0.1, -0.05) is 29.8 Å². The van der Waals surface area contributed by atoms with E-state index in [1.54, 1.807) is 0 Å². The lowest BCUT2D eigenvalue weighted by molar-refractivity contribution is 0.109. The summed E-state index contributed by atoms with van der Waals surface area (Å²) in [6, 6.07) is 8.51. The van der Waals surface area contributed by atoms with Gasteiger partial charge in [0, 0.05) is 12.0 Å². The normalized spacial score (nSPS) is 19.4. The van der Waals surface area contributed by atoms with Crippen molar-refractivity contribution in [2.75, 3.05) is 13.2 Å². The lowest BCUT2D eigenvalue weighted by atomic mass is 9.77. The number of hydrogen-bond acceptors (Lipinski definition) is 2. The molecule has 2 nitrogen and oxygen atoms in total. The third-order valence-electron chi connectivity index (χ3n) is 3.80. The maximum Gasteiger partial charge on any atom is 0.0505 e. The van der Waals surface area contributed by atoms with Gasteiger partial charge in [-0.05, 0) is 37.7 Å². The number of aliphatic hydroxyl groups excluding tert-OH is 1. The van der Waals surface area contributed by atoms with Gasteiger partial charge in [0.15, 0.2) is 0 Å². The van der Waals surface area contributed by atoms with Gasteiger partial charge in [-0.25, -0.2) is 0 Å². The van der Waals surface area contributed by atoms with Crippen LogP contribution in [0.25, 0.3) is 0 Å². The molecule has 1 atom stereocenters. The van der Waals surface area contributed by atoms with Crippen LogP contribution >= 0.6 is 0 Å². The fraction of sp³-hybridized carbons (Fsp3) is 0.571. The van der Waals surface area contributed by atoms with E-state index in [1.165, 1.54) is 24.0 Å². The number of aliphatic hydroxyl groups is 1. The van der Waals surface area contributed by atoms with Crippen molar-refractivity contribution in [3.63, 3.8) is 0 Å². The standard InChI is InChI=1S/C14H21NO/c1-11-3-2-4-12(7-11)8-14(9-15,10-16)13-5-6-13/h2-4,7,13,16H,5-6,8-10,15H2,1H3. The summed E-state index contributed by atoms with van der Waals surface area (Å²) >= 11 is 0. The molecule has 1 aliphatic rings. The van der Waals surface area contributed by atoms with Crippen LogP contribution in [0.5, 0.6) is 0 Å². The summed E-state index contributed by atoms with van der Waals surface area (Å²) in [4.78, 5) is 0. The minimum Gasteiger partial charge on any atom is -0.396 e. The molecular formula is C14H21NO. The molecule has 0 saturated heterocycles. The van der Waals surface area contributed by atoms with Crippen molar-refractivity contribution in [2.45, 2.75) is 26.2 Å². The zero-order valence-corrected chi connectivity index (χ0v) is 9.95. The molecule has 0 amide bonds. The highest BCUT2D eigenvalue weighted by atomic mass is 16.3. The molecule has 1 fully saturated rings. The Morgan fingerprint density at radius 1 is 1.44 bits per heavy atom. The highest BCUT2D eigenvalue weighted by Crippen LogP contribution is 2.46. The van der Waals surface area contributed by atoms with Crippen LogP contribution in [0.4, 0.5) is 0 Å². The molecule has 0 radical (unpaired) electrons. The van der Waals surface area contributed by atoms with Gasteiger partial charge in [0.25, 0.3) is 0 Å². The van der Waals surface area contributed by atoms with Gasteiger partial charge in [-0.3, -0.25) is 0 Å². The van der Waals surface area contributed by atoms with Crippen molar-refractivity contribution in [3.8, 4) is 0 Å². The molecular weight excluding hydrogens is 198 g/mol. The van der Waals surface area contributed by atoms with Crippen LogP contribution in [0.2, 0.25) is 0 Å². The molecule has 88 valence electrons. The Morgan fingerprint density at radius 2 is 2.19 bits per heavy atom. The average Bonchev–Trinajstić information content (AvgIpc) is 3.10. The number of nitrogens with two attached hydrogens (primary N) is 1. The van der Waals surface area contributed by atoms with Crippen LogP contribution in [-0.4, -0.2) is 18.3 Å². The van der Waals surface area contributed by atoms with E-state index < -0.39 is 0 Å². The third kappa shape index (κ3) is 2.28. The Bertz CT molecular complexity index is 354. The lowest BCUT2D eigenvalue weighted by Crippen LogP contribution is -2.38. The fourth-order valence-electron chi connectivity index (χ4n) is 2.56. The maximum atomic E-state index is 9.64. The smallest absolute Gasteiger partial charge is 0.0505 e. The molecule has 1 aromatic carbocycles. The summed E-state index contributed by atoms with van der Waals surface area (Å²) in [6.07, 6.45) is 3.36. The minimum absolute atomic E-state index is 0.0756. The Kier molecular flexibility index (Phi) is 3.31. The second kappa shape index (κ2) is 4.56. The molecule has 1 saturated carbocycles. The van der Waals surface area contributed by atoms with Gasteiger partial charge < -0.3 is 10.8 Å². The van der Waals surface area contributed by atoms with Crippen LogP contribution in [0.1, 0.15) is 24.0 Å². The number of benzene rings is 1. The summed E-state index contributed by atoms with van der Waals surface area (Å²) in [6.45, 7) is 2.90. The van der Waals surface area contributed by atoms with Gasteiger partial charge in [0.05, 0.1) is 6.61 Å². The molecule has 2 rings (SSSR count). The van der Waals surface area contributed by atoms with Crippen molar-refractivity contribution in [1.29, 1.82) is 0 Å². The molecule has 3 N–H and O–H groups in total. The van der Waals surface area contributed by atoms with E-state index >= 15 is 0 Å². The monoisotopic (exact) mass is 219 g/mol. The third-order valence-corrected chi connectivity index (χ3v) is 3.80. The Labute approximate surface area is 97.5 Å². The first-order valence-corrected chi connectivity index (χ1v) is 6.07. The van der Waals surface area contributed by atoms with Gasteiger partial charge in [0.2, 0.25) is 0 Å². The molecule has 2 heteroatoms. The van der Waals surface area contributed by atoms with Gasteiger partial charge in [-0.2, -0.15) is 0 Å². The highest BCUT2D eigenvalue weighted by Gasteiger charge is 2.43. The predicted octanol–water partition coefficient (Wildman–Crippen LogP) is 1.88. The van der Waals surface area contributed by atoms with Crippen LogP contribution in [0.15, 0.2) is 24.3 Å². The quantitative estimate of drug-likeness (QED) is 0.794. The van der Waals surface area contributed by atoms with E-state index in [4.69, 9.17) is 5.73 Å². The topological polar surface area (TPSA) is 46.2 Å². The first-order valence-electron chi connectivity index (χ1n) is 6.07. The SMILES string of the molecule is Cc1cccc(CC(CN)(CO)C2CC2)c1. The highest BCUT2D eigenvalue weighted by molar-refractivity contribution is 5.24. The first kappa shape index (κ1) is 11.6. The molecule has 0 aliphatic heterocycles. The summed E-state index contributed by atoms with van der Waals surface area (Å²) < 4.78 is 0. The maximum absolute atomic E-state index is 9.64. The van der Waals surface area contributed by atoms with E-state index in [0.29, 0.717) is 12.5 Å². The molecule has 16 heavy (non-hydrogen) atoms. The van der Waals surface area contributed by atoms with Gasteiger partial charge >= 0.3 is 0 Å². The second-order valence-corrected chi connectivity index (χ2v) is 5.16. The summed E-state index contributed by atoms with van der Waals surface area (Å²) in [5, 5.41) is 9.64. The molecule has 0 spiro atoms. The van der Waals surface area contributed by atoms with Crippen LogP contribution < -0.4 is 5.73 Å². The van der Waals surface area contributed by atoms with Crippen molar-refractivity contribution >= 4 is 0 Å². The van der Waals surface area contributed by atoms with E-state index in [1.807, 2.05) is 0 Å². The zero-order chi connectivity index (χ0) is 11.6. The van der Waals surface area contributed by atoms with E-state index in [0.717, 1.165) is 6.42 Å². The van der Waals surface area contributed by atoms with Crippen LogP contribution in [0, 0.1) is 18.3 Å². The number of aryl methyl sites for hydroxylation is 1.